The van der Waals surface area contributed by atoms with Crippen LogP contribution in [0.5, 0.6) is 0 Å². The minimum atomic E-state index is 0.0759. The number of nitrogens with two attached hydrogens (primary N) is 1. The Morgan fingerprint density at radius 2 is 1.95 bits per heavy atom. The first-order valence-corrected chi connectivity index (χ1v) is 8.81. The van der Waals surface area contributed by atoms with E-state index in [0.29, 0.717) is 0 Å². The van der Waals surface area contributed by atoms with Gasteiger partial charge in [-0.15, -0.1) is 11.3 Å². The molecule has 0 aliphatic carbocycles. The molecule has 0 spiro atoms. The molecule has 21 heavy (non-hydrogen) atoms. The fourth-order valence-electron chi connectivity index (χ4n) is 3.00. The van der Waals surface area contributed by atoms with Crippen LogP contribution in [0.3, 0.4) is 0 Å². The van der Waals surface area contributed by atoms with Crippen molar-refractivity contribution in [2.45, 2.75) is 19.0 Å². The number of rotatable bonds is 3. The molecule has 0 saturated carbocycles. The lowest BCUT2D eigenvalue weighted by molar-refractivity contribution is 0.529. The number of likely N-dealkylation sites (N-methyl/N-ethyl adjacent to an activating group) is 1. The highest BCUT2D eigenvalue weighted by Crippen LogP contribution is 2.40. The Kier molecular flexibility index (Phi) is 4.24. The Bertz CT molecular complexity index is 625. The van der Waals surface area contributed by atoms with Gasteiger partial charge in [-0.2, -0.15) is 0 Å². The van der Waals surface area contributed by atoms with Crippen molar-refractivity contribution < 1.29 is 0 Å². The number of hydrogen-bond donors (Lipinski definition) is 1. The van der Waals surface area contributed by atoms with Crippen LogP contribution in [0.4, 0.5) is 11.4 Å². The first kappa shape index (κ1) is 14.9. The molecule has 5 heteroatoms. The zero-order chi connectivity index (χ0) is 15.0. The zero-order valence-electron chi connectivity index (χ0n) is 12.3. The Morgan fingerprint density at radius 3 is 2.57 bits per heavy atom. The van der Waals surface area contributed by atoms with Gasteiger partial charge in [0.2, 0.25) is 0 Å². The Balaban J connectivity index is 2.03. The minimum Gasteiger partial charge on any atom is -0.371 e. The van der Waals surface area contributed by atoms with Gasteiger partial charge >= 0.3 is 0 Å². The van der Waals surface area contributed by atoms with Crippen molar-refractivity contribution in [1.82, 2.24) is 0 Å². The molecule has 0 radical (unpaired) electrons. The van der Waals surface area contributed by atoms with E-state index in [0.717, 1.165) is 17.6 Å². The van der Waals surface area contributed by atoms with Crippen molar-refractivity contribution in [2.24, 2.45) is 5.73 Å². The average molecular weight is 366 g/mol. The van der Waals surface area contributed by atoms with Crippen molar-refractivity contribution in [2.75, 3.05) is 29.9 Å². The van der Waals surface area contributed by atoms with E-state index in [2.05, 4.69) is 75.4 Å². The molecule has 1 aliphatic heterocycles. The Hall–Kier alpha value is -1.04. The van der Waals surface area contributed by atoms with Crippen LogP contribution in [0.25, 0.3) is 0 Å². The smallest absolute Gasteiger partial charge is 0.0784 e. The molecule has 0 bridgehead atoms. The van der Waals surface area contributed by atoms with E-state index in [4.69, 9.17) is 5.73 Å². The summed E-state index contributed by atoms with van der Waals surface area (Å²) in [5, 5.41) is 2.13. The average Bonchev–Trinajstić information content (AvgIpc) is 2.88. The van der Waals surface area contributed by atoms with Gasteiger partial charge in [0.05, 0.1) is 17.4 Å². The molecule has 1 aromatic heterocycles. The molecule has 0 saturated heterocycles. The topological polar surface area (TPSA) is 32.5 Å². The maximum absolute atomic E-state index is 6.34. The van der Waals surface area contributed by atoms with Crippen molar-refractivity contribution in [3.63, 3.8) is 0 Å². The minimum absolute atomic E-state index is 0.0759. The number of anilines is 2. The molecule has 2 unspecified atom stereocenters. The van der Waals surface area contributed by atoms with Crippen molar-refractivity contribution in [1.29, 1.82) is 0 Å². The summed E-state index contributed by atoms with van der Waals surface area (Å²) in [6.07, 6.45) is 0. The standard InChI is InChI=1S/C16H20BrN3S/c1-11(18)16(15-9-12(17)10-21-15)20-8-7-19(2)13-5-3-4-6-14(13)20/h3-6,9-11,16H,7-8,18H2,1-2H3. The summed E-state index contributed by atoms with van der Waals surface area (Å²) >= 11 is 5.33. The van der Waals surface area contributed by atoms with E-state index in [1.54, 1.807) is 11.3 Å². The summed E-state index contributed by atoms with van der Waals surface area (Å²) in [5.74, 6) is 0. The first-order chi connectivity index (χ1) is 10.1. The number of halogens is 1. The van der Waals surface area contributed by atoms with E-state index in [-0.39, 0.29) is 12.1 Å². The molecule has 2 N–H and O–H groups in total. The van der Waals surface area contributed by atoms with Crippen LogP contribution in [0.2, 0.25) is 0 Å². The van der Waals surface area contributed by atoms with Crippen molar-refractivity contribution in [3.8, 4) is 0 Å². The molecule has 2 aromatic rings. The van der Waals surface area contributed by atoms with E-state index < -0.39 is 0 Å². The number of fused-ring (bicyclic) bond motifs is 1. The Morgan fingerprint density at radius 1 is 1.24 bits per heavy atom. The quantitative estimate of drug-likeness (QED) is 0.896. The third kappa shape index (κ3) is 2.82. The highest BCUT2D eigenvalue weighted by Gasteiger charge is 2.30. The molecule has 2 heterocycles. The van der Waals surface area contributed by atoms with E-state index in [9.17, 15) is 0 Å². The second-order valence-corrected chi connectivity index (χ2v) is 7.43. The van der Waals surface area contributed by atoms with Gasteiger partial charge in [-0.25, -0.2) is 0 Å². The van der Waals surface area contributed by atoms with Crippen LogP contribution in [0.1, 0.15) is 17.8 Å². The van der Waals surface area contributed by atoms with E-state index in [1.165, 1.54) is 16.3 Å². The first-order valence-electron chi connectivity index (χ1n) is 7.14. The predicted octanol–water partition coefficient (Wildman–Crippen LogP) is 3.86. The van der Waals surface area contributed by atoms with Crippen LogP contribution in [-0.4, -0.2) is 26.2 Å². The van der Waals surface area contributed by atoms with Crippen LogP contribution in [0, 0.1) is 0 Å². The number of hydrogen-bond acceptors (Lipinski definition) is 4. The fourth-order valence-corrected chi connectivity index (χ4v) is 4.67. The third-order valence-corrected chi connectivity index (χ3v) is 5.76. The van der Waals surface area contributed by atoms with Gasteiger partial charge in [0.1, 0.15) is 0 Å². The van der Waals surface area contributed by atoms with Crippen LogP contribution < -0.4 is 15.5 Å². The van der Waals surface area contributed by atoms with Gasteiger partial charge in [0, 0.05) is 40.9 Å². The molecular weight excluding hydrogens is 346 g/mol. The lowest BCUT2D eigenvalue weighted by Gasteiger charge is -2.42. The van der Waals surface area contributed by atoms with Crippen LogP contribution in [0.15, 0.2) is 40.2 Å². The molecule has 3 nitrogen and oxygen atoms in total. The summed E-state index contributed by atoms with van der Waals surface area (Å²) in [7, 11) is 2.15. The number of para-hydroxylation sites is 2. The predicted molar refractivity (Wildman–Crippen MR) is 95.5 cm³/mol. The Labute approximate surface area is 138 Å². The van der Waals surface area contributed by atoms with Gasteiger partial charge in [0.25, 0.3) is 0 Å². The monoisotopic (exact) mass is 365 g/mol. The van der Waals surface area contributed by atoms with E-state index in [1.807, 2.05) is 0 Å². The van der Waals surface area contributed by atoms with Crippen LogP contribution >= 0.6 is 27.3 Å². The fraction of sp³-hybridized carbons (Fsp3) is 0.375. The van der Waals surface area contributed by atoms with Crippen molar-refractivity contribution >= 4 is 38.6 Å². The molecule has 112 valence electrons. The molecule has 2 atom stereocenters. The highest BCUT2D eigenvalue weighted by molar-refractivity contribution is 9.10. The summed E-state index contributed by atoms with van der Waals surface area (Å²) in [4.78, 5) is 6.09. The summed E-state index contributed by atoms with van der Waals surface area (Å²) < 4.78 is 1.13. The third-order valence-electron chi connectivity index (χ3n) is 3.99. The summed E-state index contributed by atoms with van der Waals surface area (Å²) in [6.45, 7) is 4.11. The number of nitrogens with zero attached hydrogens (tertiary/aromatic N) is 2. The normalized spacial score (nSPS) is 17.5. The molecule has 0 fully saturated rings. The molecule has 1 aromatic carbocycles. The SMILES string of the molecule is CC(N)C(c1cc(Br)cs1)N1CCN(C)c2ccccc21. The summed E-state index contributed by atoms with van der Waals surface area (Å²) in [5.41, 5.74) is 8.90. The van der Waals surface area contributed by atoms with Gasteiger partial charge < -0.3 is 15.5 Å². The lowest BCUT2D eigenvalue weighted by atomic mass is 10.0. The van der Waals surface area contributed by atoms with E-state index >= 15 is 0 Å². The maximum Gasteiger partial charge on any atom is 0.0784 e. The number of benzene rings is 1. The second kappa shape index (κ2) is 5.99. The zero-order valence-corrected chi connectivity index (χ0v) is 14.7. The van der Waals surface area contributed by atoms with Crippen LogP contribution in [-0.2, 0) is 0 Å². The van der Waals surface area contributed by atoms with Crippen molar-refractivity contribution in [3.05, 3.63) is 45.1 Å². The van der Waals surface area contributed by atoms with Gasteiger partial charge in [-0.1, -0.05) is 12.1 Å². The molecule has 0 amide bonds. The molecular formula is C16H20BrN3S. The second-order valence-electron chi connectivity index (χ2n) is 5.57. The lowest BCUT2D eigenvalue weighted by Crippen LogP contribution is -2.46. The van der Waals surface area contributed by atoms with Gasteiger partial charge in [0.15, 0.2) is 0 Å². The summed E-state index contributed by atoms with van der Waals surface area (Å²) in [6, 6.07) is 11.1. The maximum atomic E-state index is 6.34. The molecule has 3 rings (SSSR count). The highest BCUT2D eigenvalue weighted by atomic mass is 79.9. The molecule has 1 aliphatic rings. The van der Waals surface area contributed by atoms with Gasteiger partial charge in [-0.05, 0) is 41.1 Å². The largest absolute Gasteiger partial charge is 0.371 e. The van der Waals surface area contributed by atoms with Gasteiger partial charge in [-0.3, -0.25) is 0 Å². The number of thiophene rings is 1.